The van der Waals surface area contributed by atoms with Crippen LogP contribution < -0.4 is 11.1 Å². The van der Waals surface area contributed by atoms with Gasteiger partial charge in [-0.1, -0.05) is 23.9 Å². The molecule has 0 bridgehead atoms. The summed E-state index contributed by atoms with van der Waals surface area (Å²) >= 11 is 1.02. The predicted octanol–water partition coefficient (Wildman–Crippen LogP) is 1.95. The van der Waals surface area contributed by atoms with Gasteiger partial charge in [0.05, 0.1) is 12.3 Å². The molecule has 1 aliphatic heterocycles. The number of benzene rings is 1. The van der Waals surface area contributed by atoms with Crippen LogP contribution in [0.15, 0.2) is 24.3 Å². The third-order valence-corrected chi connectivity index (χ3v) is 4.10. The Morgan fingerprint density at radius 2 is 2.05 bits per heavy atom. The first-order chi connectivity index (χ1) is 10.5. The fourth-order valence-corrected chi connectivity index (χ4v) is 2.72. The molecule has 0 saturated carbocycles. The summed E-state index contributed by atoms with van der Waals surface area (Å²) in [5.41, 5.74) is 7.14. The van der Waals surface area contributed by atoms with Crippen LogP contribution in [-0.4, -0.2) is 33.7 Å². The van der Waals surface area contributed by atoms with Gasteiger partial charge in [0.2, 0.25) is 11.8 Å². The molecular formula is C15H19N3O3S. The van der Waals surface area contributed by atoms with Crippen LogP contribution in [-0.2, 0) is 16.1 Å². The molecule has 3 N–H and O–H groups in total. The van der Waals surface area contributed by atoms with Crippen molar-refractivity contribution >= 4 is 34.5 Å². The van der Waals surface area contributed by atoms with Crippen molar-refractivity contribution in [2.75, 3.05) is 11.1 Å². The molecule has 1 aliphatic rings. The topological polar surface area (TPSA) is 92.5 Å². The van der Waals surface area contributed by atoms with Crippen LogP contribution in [0.25, 0.3) is 0 Å². The van der Waals surface area contributed by atoms with Gasteiger partial charge in [-0.3, -0.25) is 19.3 Å². The minimum atomic E-state index is -0.210. The monoisotopic (exact) mass is 321 g/mol. The van der Waals surface area contributed by atoms with Gasteiger partial charge in [0, 0.05) is 18.2 Å². The van der Waals surface area contributed by atoms with Crippen molar-refractivity contribution in [1.29, 1.82) is 0 Å². The summed E-state index contributed by atoms with van der Waals surface area (Å²) in [6.07, 6.45) is 1.02. The summed E-state index contributed by atoms with van der Waals surface area (Å²) in [7, 11) is 0. The number of imide groups is 1. The number of hydrogen-bond donors (Lipinski definition) is 2. The number of thioether (sulfide) groups is 1. The van der Waals surface area contributed by atoms with E-state index < -0.39 is 0 Å². The largest absolute Gasteiger partial charge is 0.328 e. The minimum Gasteiger partial charge on any atom is -0.328 e. The van der Waals surface area contributed by atoms with E-state index in [0.717, 1.165) is 17.3 Å². The fourth-order valence-electron chi connectivity index (χ4n) is 1.99. The zero-order chi connectivity index (χ0) is 16.1. The highest BCUT2D eigenvalue weighted by atomic mass is 32.2. The SMILES string of the molecule is CC(N)CCC(=O)Nc1ccc(CN2C(=O)CSC2=O)cc1. The van der Waals surface area contributed by atoms with Gasteiger partial charge in [-0.15, -0.1) is 0 Å². The Morgan fingerprint density at radius 1 is 1.36 bits per heavy atom. The van der Waals surface area contributed by atoms with E-state index in [1.54, 1.807) is 24.3 Å². The minimum absolute atomic E-state index is 0.00142. The zero-order valence-electron chi connectivity index (χ0n) is 12.4. The molecule has 118 valence electrons. The molecule has 3 amide bonds. The van der Waals surface area contributed by atoms with Gasteiger partial charge in [0.25, 0.3) is 5.24 Å². The van der Waals surface area contributed by atoms with Gasteiger partial charge in [0.1, 0.15) is 0 Å². The van der Waals surface area contributed by atoms with E-state index >= 15 is 0 Å². The van der Waals surface area contributed by atoms with Crippen molar-refractivity contribution in [3.05, 3.63) is 29.8 Å². The maximum atomic E-state index is 11.7. The van der Waals surface area contributed by atoms with E-state index in [9.17, 15) is 14.4 Å². The van der Waals surface area contributed by atoms with Gasteiger partial charge in [0.15, 0.2) is 0 Å². The average Bonchev–Trinajstić information content (AvgIpc) is 2.79. The summed E-state index contributed by atoms with van der Waals surface area (Å²) in [5.74, 6) is -0.0263. The van der Waals surface area contributed by atoms with E-state index in [4.69, 9.17) is 5.73 Å². The molecule has 6 nitrogen and oxygen atoms in total. The van der Waals surface area contributed by atoms with Crippen LogP contribution in [0.5, 0.6) is 0 Å². The summed E-state index contributed by atoms with van der Waals surface area (Å²) in [6, 6.07) is 7.12. The third kappa shape index (κ3) is 4.57. The standard InChI is InChI=1S/C15H19N3O3S/c1-10(16)2-7-13(19)17-12-5-3-11(4-6-12)8-18-14(20)9-22-15(18)21/h3-6,10H,2,7-9,16H2,1H3,(H,17,19). The summed E-state index contributed by atoms with van der Waals surface area (Å²) in [4.78, 5) is 36.0. The number of nitrogens with two attached hydrogens (primary N) is 1. The number of amides is 3. The molecule has 0 radical (unpaired) electrons. The van der Waals surface area contributed by atoms with E-state index in [1.807, 2.05) is 6.92 Å². The van der Waals surface area contributed by atoms with Crippen molar-refractivity contribution in [1.82, 2.24) is 4.90 Å². The highest BCUT2D eigenvalue weighted by Crippen LogP contribution is 2.21. The Kier molecular flexibility index (Phi) is 5.57. The quantitative estimate of drug-likeness (QED) is 0.835. The smallest absolute Gasteiger partial charge is 0.289 e. The molecule has 1 aromatic carbocycles. The summed E-state index contributed by atoms with van der Waals surface area (Å²) in [5, 5.41) is 2.58. The Labute approximate surface area is 133 Å². The maximum absolute atomic E-state index is 11.7. The lowest BCUT2D eigenvalue weighted by atomic mass is 10.1. The first-order valence-electron chi connectivity index (χ1n) is 7.07. The highest BCUT2D eigenvalue weighted by molar-refractivity contribution is 8.14. The molecule has 1 saturated heterocycles. The Morgan fingerprint density at radius 3 is 2.59 bits per heavy atom. The lowest BCUT2D eigenvalue weighted by molar-refractivity contribution is -0.125. The summed E-state index contributed by atoms with van der Waals surface area (Å²) in [6.45, 7) is 2.13. The number of carbonyl (C=O) groups is 3. The number of nitrogens with one attached hydrogen (secondary N) is 1. The molecule has 0 aromatic heterocycles. The second-order valence-electron chi connectivity index (χ2n) is 5.30. The first-order valence-corrected chi connectivity index (χ1v) is 8.06. The molecule has 0 aliphatic carbocycles. The number of hydrogen-bond acceptors (Lipinski definition) is 5. The predicted molar refractivity (Wildman–Crippen MR) is 86.4 cm³/mol. The normalized spacial score (nSPS) is 16.0. The third-order valence-electron chi connectivity index (χ3n) is 3.25. The molecule has 0 spiro atoms. The molecule has 1 fully saturated rings. The van der Waals surface area contributed by atoms with Crippen molar-refractivity contribution in [3.8, 4) is 0 Å². The van der Waals surface area contributed by atoms with Crippen molar-refractivity contribution in [2.45, 2.75) is 32.4 Å². The van der Waals surface area contributed by atoms with E-state index in [-0.39, 0.29) is 35.4 Å². The second kappa shape index (κ2) is 7.42. The van der Waals surface area contributed by atoms with Crippen LogP contribution in [0.2, 0.25) is 0 Å². The van der Waals surface area contributed by atoms with Gasteiger partial charge in [-0.25, -0.2) is 0 Å². The van der Waals surface area contributed by atoms with Gasteiger partial charge in [-0.05, 0) is 31.0 Å². The van der Waals surface area contributed by atoms with E-state index in [2.05, 4.69) is 5.32 Å². The van der Waals surface area contributed by atoms with Gasteiger partial charge >= 0.3 is 0 Å². The van der Waals surface area contributed by atoms with E-state index in [1.165, 1.54) is 4.90 Å². The maximum Gasteiger partial charge on any atom is 0.289 e. The average molecular weight is 321 g/mol. The van der Waals surface area contributed by atoms with Crippen LogP contribution in [0, 0.1) is 0 Å². The number of anilines is 1. The molecule has 1 heterocycles. The van der Waals surface area contributed by atoms with E-state index in [0.29, 0.717) is 18.5 Å². The Balaban J connectivity index is 1.89. The Hall–Kier alpha value is -1.86. The fraction of sp³-hybridized carbons (Fsp3) is 0.400. The zero-order valence-corrected chi connectivity index (χ0v) is 13.2. The molecule has 1 unspecified atom stereocenters. The Bertz CT molecular complexity index is 556. The molecule has 1 aromatic rings. The van der Waals surface area contributed by atoms with Gasteiger partial charge < -0.3 is 11.1 Å². The number of rotatable bonds is 6. The lowest BCUT2D eigenvalue weighted by Gasteiger charge is -2.13. The van der Waals surface area contributed by atoms with Gasteiger partial charge in [-0.2, -0.15) is 0 Å². The van der Waals surface area contributed by atoms with Crippen LogP contribution >= 0.6 is 11.8 Å². The molecule has 2 rings (SSSR count). The number of carbonyl (C=O) groups excluding carboxylic acids is 3. The molecule has 1 atom stereocenters. The highest BCUT2D eigenvalue weighted by Gasteiger charge is 2.29. The molecular weight excluding hydrogens is 302 g/mol. The van der Waals surface area contributed by atoms with Crippen LogP contribution in [0.3, 0.4) is 0 Å². The van der Waals surface area contributed by atoms with Crippen molar-refractivity contribution in [3.63, 3.8) is 0 Å². The lowest BCUT2D eigenvalue weighted by Crippen LogP contribution is -2.27. The number of nitrogens with zero attached hydrogens (tertiary/aromatic N) is 1. The second-order valence-corrected chi connectivity index (χ2v) is 6.22. The first kappa shape index (κ1) is 16.5. The van der Waals surface area contributed by atoms with Crippen molar-refractivity contribution < 1.29 is 14.4 Å². The van der Waals surface area contributed by atoms with Crippen LogP contribution in [0.4, 0.5) is 10.5 Å². The van der Waals surface area contributed by atoms with Crippen LogP contribution in [0.1, 0.15) is 25.3 Å². The summed E-state index contributed by atoms with van der Waals surface area (Å²) < 4.78 is 0. The van der Waals surface area contributed by atoms with Crippen molar-refractivity contribution in [2.24, 2.45) is 5.73 Å². The molecule has 7 heteroatoms. The molecule has 22 heavy (non-hydrogen) atoms.